The van der Waals surface area contributed by atoms with Crippen molar-refractivity contribution in [1.82, 2.24) is 14.9 Å². The number of nitrogens with one attached hydrogen (secondary N) is 1. The van der Waals surface area contributed by atoms with Crippen LogP contribution in [0.1, 0.15) is 53.3 Å². The summed E-state index contributed by atoms with van der Waals surface area (Å²) in [4.78, 5) is 17.2. The van der Waals surface area contributed by atoms with Gasteiger partial charge in [0.15, 0.2) is 5.76 Å². The summed E-state index contributed by atoms with van der Waals surface area (Å²) < 4.78 is 13.3. The lowest BCUT2D eigenvalue weighted by Crippen LogP contribution is -2.28. The molecule has 166 valence electrons. The summed E-state index contributed by atoms with van der Waals surface area (Å²) in [5, 5.41) is 2.99. The Hall–Kier alpha value is -3.54. The largest absolute Gasteiger partial charge is 0.494 e. The number of carbonyl (C=O) groups is 1. The number of nitrogens with zero attached hydrogens (tertiary/aromatic N) is 2. The van der Waals surface area contributed by atoms with E-state index in [0.29, 0.717) is 12.4 Å². The van der Waals surface area contributed by atoms with Crippen molar-refractivity contribution in [1.29, 1.82) is 0 Å². The number of ether oxygens (including phenoxy) is 1. The molecule has 0 unspecified atom stereocenters. The number of hydrogen-bond donors (Lipinski definition) is 1. The number of hydrogen-bond acceptors (Lipinski definition) is 4. The van der Waals surface area contributed by atoms with Gasteiger partial charge in [-0.2, -0.15) is 0 Å². The number of amides is 1. The second kappa shape index (κ2) is 9.73. The molecule has 6 nitrogen and oxygen atoms in total. The third-order valence-corrected chi connectivity index (χ3v) is 5.69. The lowest BCUT2D eigenvalue weighted by molar-refractivity contribution is 0.0909. The third kappa shape index (κ3) is 4.85. The number of carbonyl (C=O) groups excluding carboxylic acids is 1. The maximum Gasteiger partial charge on any atom is 0.287 e. The van der Waals surface area contributed by atoms with Crippen molar-refractivity contribution in [3.8, 4) is 5.75 Å². The second-order valence-corrected chi connectivity index (χ2v) is 8.08. The number of para-hydroxylation sites is 2. The minimum atomic E-state index is -0.258. The zero-order valence-electron chi connectivity index (χ0n) is 18.8. The molecule has 2 heterocycles. The van der Waals surface area contributed by atoms with Gasteiger partial charge in [-0.05, 0) is 81.1 Å². The molecule has 0 bridgehead atoms. The number of aryl methyl sites for hydroxylation is 3. The van der Waals surface area contributed by atoms with Gasteiger partial charge >= 0.3 is 0 Å². The molecule has 2 aromatic carbocycles. The van der Waals surface area contributed by atoms with Crippen molar-refractivity contribution >= 4 is 16.9 Å². The zero-order chi connectivity index (χ0) is 22.5. The number of furan rings is 1. The molecule has 1 amide bonds. The summed E-state index contributed by atoms with van der Waals surface area (Å²) >= 11 is 0. The van der Waals surface area contributed by atoms with Crippen molar-refractivity contribution in [3.63, 3.8) is 0 Å². The van der Waals surface area contributed by atoms with Crippen LogP contribution in [0.15, 0.2) is 65.3 Å². The van der Waals surface area contributed by atoms with Crippen molar-refractivity contribution < 1.29 is 13.9 Å². The molecule has 0 saturated heterocycles. The van der Waals surface area contributed by atoms with Gasteiger partial charge in [-0.15, -0.1) is 0 Å². The fourth-order valence-electron chi connectivity index (χ4n) is 3.77. The molecule has 6 heteroatoms. The van der Waals surface area contributed by atoms with Gasteiger partial charge in [0, 0.05) is 6.54 Å². The molecule has 2 aromatic heterocycles. The summed E-state index contributed by atoms with van der Waals surface area (Å²) in [6, 6.07) is 17.4. The lowest BCUT2D eigenvalue weighted by Gasteiger charge is -2.16. The molecule has 4 rings (SSSR count). The highest BCUT2D eigenvalue weighted by Crippen LogP contribution is 2.22. The number of unbranched alkanes of at least 4 members (excludes halogenated alkanes) is 1. The first kappa shape index (κ1) is 21.7. The first-order valence-corrected chi connectivity index (χ1v) is 11.0. The Morgan fingerprint density at radius 3 is 2.72 bits per heavy atom. The van der Waals surface area contributed by atoms with Crippen LogP contribution in [-0.4, -0.2) is 22.1 Å². The Labute approximate surface area is 188 Å². The van der Waals surface area contributed by atoms with Crippen LogP contribution in [0.25, 0.3) is 11.0 Å². The average molecular weight is 432 g/mol. The fraction of sp³-hybridized carbons (Fsp3) is 0.308. The van der Waals surface area contributed by atoms with Gasteiger partial charge in [-0.3, -0.25) is 4.79 Å². The van der Waals surface area contributed by atoms with Gasteiger partial charge in [0.05, 0.1) is 29.9 Å². The van der Waals surface area contributed by atoms with E-state index in [1.807, 2.05) is 31.2 Å². The number of imidazole rings is 1. The molecule has 0 radical (unpaired) electrons. The molecule has 1 N–H and O–H groups in total. The van der Waals surface area contributed by atoms with Crippen molar-refractivity contribution in [3.05, 3.63) is 83.6 Å². The summed E-state index contributed by atoms with van der Waals surface area (Å²) in [7, 11) is 0. The summed E-state index contributed by atoms with van der Waals surface area (Å²) in [5.74, 6) is 1.79. The first-order valence-electron chi connectivity index (χ1n) is 11.0. The summed E-state index contributed by atoms with van der Waals surface area (Å²) in [6.45, 7) is 7.60. The van der Waals surface area contributed by atoms with Crippen LogP contribution in [0, 0.1) is 13.8 Å². The monoisotopic (exact) mass is 431 g/mol. The van der Waals surface area contributed by atoms with E-state index in [0.717, 1.165) is 42.0 Å². The van der Waals surface area contributed by atoms with Crippen LogP contribution in [-0.2, 0) is 6.54 Å². The van der Waals surface area contributed by atoms with Crippen molar-refractivity contribution in [2.24, 2.45) is 0 Å². The third-order valence-electron chi connectivity index (χ3n) is 5.69. The minimum absolute atomic E-state index is 0.247. The Bertz CT molecular complexity index is 1190. The van der Waals surface area contributed by atoms with E-state index in [9.17, 15) is 4.79 Å². The number of benzene rings is 2. The molecule has 0 spiro atoms. The van der Waals surface area contributed by atoms with E-state index in [4.69, 9.17) is 14.1 Å². The Morgan fingerprint density at radius 2 is 1.94 bits per heavy atom. The number of rotatable bonds is 9. The molecular formula is C26H29N3O3. The van der Waals surface area contributed by atoms with E-state index < -0.39 is 0 Å². The molecule has 0 saturated carbocycles. The number of aromatic nitrogens is 2. The molecule has 0 aliphatic carbocycles. The van der Waals surface area contributed by atoms with Crippen LogP contribution < -0.4 is 10.1 Å². The summed E-state index contributed by atoms with van der Waals surface area (Å²) in [5.41, 5.74) is 4.50. The highest BCUT2D eigenvalue weighted by atomic mass is 16.5. The Morgan fingerprint density at radius 1 is 1.09 bits per heavy atom. The van der Waals surface area contributed by atoms with Crippen LogP contribution >= 0.6 is 0 Å². The van der Waals surface area contributed by atoms with Crippen molar-refractivity contribution in [2.45, 2.75) is 46.2 Å². The van der Waals surface area contributed by atoms with E-state index in [2.05, 4.69) is 41.9 Å². The Kier molecular flexibility index (Phi) is 6.59. The van der Waals surface area contributed by atoms with Gasteiger partial charge in [0.1, 0.15) is 11.6 Å². The fourth-order valence-corrected chi connectivity index (χ4v) is 3.77. The molecule has 0 aliphatic rings. The van der Waals surface area contributed by atoms with Crippen molar-refractivity contribution in [2.75, 3.05) is 6.61 Å². The highest BCUT2D eigenvalue weighted by molar-refractivity contribution is 5.91. The maximum atomic E-state index is 12.4. The second-order valence-electron chi connectivity index (χ2n) is 8.08. The van der Waals surface area contributed by atoms with E-state index in [1.54, 1.807) is 12.1 Å². The van der Waals surface area contributed by atoms with Crippen LogP contribution in [0.3, 0.4) is 0 Å². The highest BCUT2D eigenvalue weighted by Gasteiger charge is 2.20. The maximum absolute atomic E-state index is 12.4. The van der Waals surface area contributed by atoms with E-state index in [-0.39, 0.29) is 11.9 Å². The standard InChI is InChI=1S/C26H29N3O3/c1-18-12-13-21(17-19(18)2)31-15-7-6-14-29-23-10-5-4-9-22(23)28-25(29)20(3)27-26(30)24-11-8-16-32-24/h4-5,8-13,16-17,20H,6-7,14-15H2,1-3H3,(H,27,30)/t20-/m0/s1. The van der Waals surface area contributed by atoms with Gasteiger partial charge in [-0.25, -0.2) is 4.98 Å². The average Bonchev–Trinajstić information content (AvgIpc) is 3.44. The van der Waals surface area contributed by atoms with Gasteiger partial charge < -0.3 is 19.0 Å². The predicted molar refractivity (Wildman–Crippen MR) is 125 cm³/mol. The van der Waals surface area contributed by atoms with Crippen LogP contribution in [0.2, 0.25) is 0 Å². The quantitative estimate of drug-likeness (QED) is 0.350. The molecule has 4 aromatic rings. The van der Waals surface area contributed by atoms with Gasteiger partial charge in [0.25, 0.3) is 5.91 Å². The number of fused-ring (bicyclic) bond motifs is 1. The van der Waals surface area contributed by atoms with E-state index in [1.165, 1.54) is 17.4 Å². The first-order chi connectivity index (χ1) is 15.5. The molecule has 32 heavy (non-hydrogen) atoms. The van der Waals surface area contributed by atoms with E-state index >= 15 is 0 Å². The van der Waals surface area contributed by atoms with Crippen LogP contribution in [0.4, 0.5) is 0 Å². The molecule has 1 atom stereocenters. The van der Waals surface area contributed by atoms with Gasteiger partial charge in [-0.1, -0.05) is 18.2 Å². The molecular weight excluding hydrogens is 402 g/mol. The van der Waals surface area contributed by atoms with Crippen LogP contribution in [0.5, 0.6) is 5.75 Å². The minimum Gasteiger partial charge on any atom is -0.494 e. The normalized spacial score (nSPS) is 12.1. The Balaban J connectivity index is 1.40. The zero-order valence-corrected chi connectivity index (χ0v) is 18.8. The SMILES string of the molecule is Cc1ccc(OCCCCn2c([C@H](C)NC(=O)c3ccco3)nc3ccccc32)cc1C. The molecule has 0 fully saturated rings. The summed E-state index contributed by atoms with van der Waals surface area (Å²) in [6.07, 6.45) is 3.36. The lowest BCUT2D eigenvalue weighted by atomic mass is 10.1. The topological polar surface area (TPSA) is 69.3 Å². The smallest absolute Gasteiger partial charge is 0.287 e. The van der Waals surface area contributed by atoms with Gasteiger partial charge in [0.2, 0.25) is 0 Å². The molecule has 0 aliphatic heterocycles. The predicted octanol–water partition coefficient (Wildman–Crippen LogP) is 5.60.